The predicted molar refractivity (Wildman–Crippen MR) is 92.5 cm³/mol. The van der Waals surface area contributed by atoms with Crippen LogP contribution in [0.25, 0.3) is 6.08 Å². The normalized spacial score (nSPS) is 13.0. The second-order valence-electron chi connectivity index (χ2n) is 6.09. The highest BCUT2D eigenvalue weighted by molar-refractivity contribution is 6.02. The van der Waals surface area contributed by atoms with Gasteiger partial charge in [-0.05, 0) is 41.8 Å². The third-order valence-corrected chi connectivity index (χ3v) is 3.47. The molecular formula is C19H19NO6. The van der Waals surface area contributed by atoms with Gasteiger partial charge in [0.15, 0.2) is 17.3 Å². The number of ether oxygens (including phenoxy) is 3. The van der Waals surface area contributed by atoms with Gasteiger partial charge in [-0.15, -0.1) is 0 Å². The maximum Gasteiger partial charge on any atom is 0.354 e. The van der Waals surface area contributed by atoms with Crippen molar-refractivity contribution < 1.29 is 28.2 Å². The molecule has 26 heavy (non-hydrogen) atoms. The van der Waals surface area contributed by atoms with E-state index in [-0.39, 0.29) is 30.8 Å². The van der Waals surface area contributed by atoms with Crippen molar-refractivity contribution in [3.63, 3.8) is 0 Å². The molecule has 1 aliphatic rings. The molecule has 1 amide bonds. The number of hydrogen-bond donors (Lipinski definition) is 1. The molecule has 0 saturated carbocycles. The Balaban J connectivity index is 1.83. The highest BCUT2D eigenvalue weighted by Crippen LogP contribution is 2.33. The Labute approximate surface area is 150 Å². The molecule has 2 aromatic rings. The van der Waals surface area contributed by atoms with E-state index in [1.807, 2.05) is 13.8 Å². The van der Waals surface area contributed by atoms with E-state index in [1.165, 1.54) is 18.4 Å². The van der Waals surface area contributed by atoms with Crippen LogP contribution >= 0.6 is 0 Å². The number of hydrogen-bond acceptors (Lipinski definition) is 6. The quantitative estimate of drug-likeness (QED) is 0.632. The average molecular weight is 357 g/mol. The largest absolute Gasteiger partial charge is 0.461 e. The summed E-state index contributed by atoms with van der Waals surface area (Å²) in [6.45, 7) is 4.25. The van der Waals surface area contributed by atoms with Crippen molar-refractivity contribution in [2.24, 2.45) is 5.92 Å². The first-order chi connectivity index (χ1) is 12.5. The Hall–Kier alpha value is -3.22. The Morgan fingerprint density at radius 2 is 2.04 bits per heavy atom. The molecular weight excluding hydrogens is 338 g/mol. The van der Waals surface area contributed by atoms with Crippen molar-refractivity contribution in [2.45, 2.75) is 13.8 Å². The van der Waals surface area contributed by atoms with Gasteiger partial charge in [0.2, 0.25) is 6.79 Å². The van der Waals surface area contributed by atoms with E-state index in [4.69, 9.17) is 18.6 Å². The summed E-state index contributed by atoms with van der Waals surface area (Å²) in [5.74, 6) is 0.307. The van der Waals surface area contributed by atoms with E-state index in [0.717, 1.165) is 0 Å². The van der Waals surface area contributed by atoms with Crippen LogP contribution in [0.3, 0.4) is 0 Å². The van der Waals surface area contributed by atoms with Gasteiger partial charge in [0.25, 0.3) is 5.91 Å². The number of benzene rings is 1. The van der Waals surface area contributed by atoms with E-state index < -0.39 is 11.9 Å². The van der Waals surface area contributed by atoms with Crippen LogP contribution < -0.4 is 14.8 Å². The summed E-state index contributed by atoms with van der Waals surface area (Å²) in [7, 11) is 0. The molecule has 0 aliphatic carbocycles. The van der Waals surface area contributed by atoms with Gasteiger partial charge in [-0.25, -0.2) is 4.79 Å². The van der Waals surface area contributed by atoms with E-state index in [1.54, 1.807) is 24.3 Å². The molecule has 0 fully saturated rings. The summed E-state index contributed by atoms with van der Waals surface area (Å²) in [4.78, 5) is 24.6. The SMILES string of the molecule is CC(C)COC(=O)C(=Cc1ccc2c(c1)OCO2)NC(=O)c1ccco1. The van der Waals surface area contributed by atoms with Crippen LogP contribution in [0.4, 0.5) is 0 Å². The minimum absolute atomic E-state index is 0.00548. The molecule has 0 unspecified atom stereocenters. The lowest BCUT2D eigenvalue weighted by atomic mass is 10.1. The van der Waals surface area contributed by atoms with Crippen LogP contribution in [0.5, 0.6) is 11.5 Å². The van der Waals surface area contributed by atoms with Crippen molar-refractivity contribution in [3.8, 4) is 11.5 Å². The first-order valence-corrected chi connectivity index (χ1v) is 8.16. The van der Waals surface area contributed by atoms with Crippen LogP contribution in [0.2, 0.25) is 0 Å². The van der Waals surface area contributed by atoms with Crippen molar-refractivity contribution >= 4 is 18.0 Å². The van der Waals surface area contributed by atoms with Gasteiger partial charge in [0.05, 0.1) is 12.9 Å². The third kappa shape index (κ3) is 4.24. The van der Waals surface area contributed by atoms with Crippen molar-refractivity contribution in [3.05, 3.63) is 53.6 Å². The molecule has 1 aromatic heterocycles. The second kappa shape index (κ2) is 7.77. The predicted octanol–water partition coefficient (Wildman–Crippen LogP) is 2.98. The summed E-state index contributed by atoms with van der Waals surface area (Å²) in [6, 6.07) is 8.30. The molecule has 0 radical (unpaired) electrons. The lowest BCUT2D eigenvalue weighted by Gasteiger charge is -2.11. The lowest BCUT2D eigenvalue weighted by Crippen LogP contribution is -2.28. The highest BCUT2D eigenvalue weighted by Gasteiger charge is 2.19. The number of nitrogens with one attached hydrogen (secondary N) is 1. The van der Waals surface area contributed by atoms with Gasteiger partial charge in [-0.2, -0.15) is 0 Å². The van der Waals surface area contributed by atoms with Crippen LogP contribution in [0.15, 0.2) is 46.7 Å². The van der Waals surface area contributed by atoms with Crippen LogP contribution in [0, 0.1) is 5.92 Å². The van der Waals surface area contributed by atoms with E-state index >= 15 is 0 Å². The van der Waals surface area contributed by atoms with Crippen LogP contribution in [0.1, 0.15) is 30.0 Å². The topological polar surface area (TPSA) is 87.0 Å². The number of amides is 1. The van der Waals surface area contributed by atoms with E-state index in [9.17, 15) is 9.59 Å². The number of furan rings is 1. The van der Waals surface area contributed by atoms with Gasteiger partial charge < -0.3 is 23.9 Å². The van der Waals surface area contributed by atoms with Crippen molar-refractivity contribution in [1.29, 1.82) is 0 Å². The summed E-state index contributed by atoms with van der Waals surface area (Å²) in [5.41, 5.74) is 0.663. The van der Waals surface area contributed by atoms with Crippen LogP contribution in [-0.2, 0) is 9.53 Å². The van der Waals surface area contributed by atoms with E-state index in [0.29, 0.717) is 17.1 Å². The zero-order valence-corrected chi connectivity index (χ0v) is 14.5. The molecule has 0 bridgehead atoms. The Bertz CT molecular complexity index is 823. The zero-order chi connectivity index (χ0) is 18.5. The van der Waals surface area contributed by atoms with Gasteiger partial charge in [-0.1, -0.05) is 19.9 Å². The maximum absolute atomic E-state index is 12.4. The number of carbonyl (C=O) groups excluding carboxylic acids is 2. The summed E-state index contributed by atoms with van der Waals surface area (Å²) < 4.78 is 20.9. The van der Waals surface area contributed by atoms with Gasteiger partial charge in [0, 0.05) is 0 Å². The Kier molecular flexibility index (Phi) is 5.26. The molecule has 1 N–H and O–H groups in total. The molecule has 0 spiro atoms. The standard InChI is InChI=1S/C19H19NO6/c1-12(2)10-24-19(22)14(20-18(21)16-4-3-7-23-16)8-13-5-6-15-17(9-13)26-11-25-15/h3-9,12H,10-11H2,1-2H3,(H,20,21). The fourth-order valence-corrected chi connectivity index (χ4v) is 2.23. The fraction of sp³-hybridized carbons (Fsp3) is 0.263. The molecule has 1 aliphatic heterocycles. The maximum atomic E-state index is 12.4. The number of carbonyl (C=O) groups is 2. The molecule has 2 heterocycles. The third-order valence-electron chi connectivity index (χ3n) is 3.47. The average Bonchev–Trinajstić information content (AvgIpc) is 3.29. The Morgan fingerprint density at radius 1 is 1.23 bits per heavy atom. The highest BCUT2D eigenvalue weighted by atomic mass is 16.7. The molecule has 0 atom stereocenters. The zero-order valence-electron chi connectivity index (χ0n) is 14.5. The second-order valence-corrected chi connectivity index (χ2v) is 6.09. The van der Waals surface area contributed by atoms with Crippen molar-refractivity contribution in [2.75, 3.05) is 13.4 Å². The van der Waals surface area contributed by atoms with Crippen LogP contribution in [-0.4, -0.2) is 25.3 Å². The number of fused-ring (bicyclic) bond motifs is 1. The molecule has 1 aromatic carbocycles. The molecule has 7 nitrogen and oxygen atoms in total. The summed E-state index contributed by atoms with van der Waals surface area (Å²) in [5, 5.41) is 2.54. The molecule has 3 rings (SSSR count). The first-order valence-electron chi connectivity index (χ1n) is 8.16. The minimum atomic E-state index is -0.628. The van der Waals surface area contributed by atoms with Gasteiger partial charge in [0.1, 0.15) is 5.70 Å². The minimum Gasteiger partial charge on any atom is -0.461 e. The molecule has 0 saturated heterocycles. The summed E-state index contributed by atoms with van der Waals surface area (Å²) >= 11 is 0. The number of rotatable bonds is 6. The Morgan fingerprint density at radius 3 is 2.77 bits per heavy atom. The summed E-state index contributed by atoms with van der Waals surface area (Å²) in [6.07, 6.45) is 2.90. The van der Waals surface area contributed by atoms with E-state index in [2.05, 4.69) is 5.32 Å². The van der Waals surface area contributed by atoms with Gasteiger partial charge >= 0.3 is 5.97 Å². The molecule has 7 heteroatoms. The fourth-order valence-electron chi connectivity index (χ4n) is 2.23. The molecule has 136 valence electrons. The van der Waals surface area contributed by atoms with Crippen molar-refractivity contribution in [1.82, 2.24) is 5.32 Å². The number of esters is 1. The monoisotopic (exact) mass is 357 g/mol. The first kappa shape index (κ1) is 17.6. The lowest BCUT2D eigenvalue weighted by molar-refractivity contribution is -0.140. The van der Waals surface area contributed by atoms with Gasteiger partial charge in [-0.3, -0.25) is 4.79 Å². The smallest absolute Gasteiger partial charge is 0.354 e.